The van der Waals surface area contributed by atoms with Gasteiger partial charge in [-0.1, -0.05) is 100 Å². The summed E-state index contributed by atoms with van der Waals surface area (Å²) in [7, 11) is 0. The number of fused-ring (bicyclic) bond motifs is 4. The topological polar surface area (TPSA) is 24.7 Å². The molecule has 0 N–H and O–H groups in total. The van der Waals surface area contributed by atoms with Crippen molar-refractivity contribution < 1.29 is 0 Å². The molecule has 212 valence electrons. The maximum absolute atomic E-state index is 4.73. The van der Waals surface area contributed by atoms with Crippen LogP contribution in [0.1, 0.15) is 82.1 Å². The second kappa shape index (κ2) is 9.97. The van der Waals surface area contributed by atoms with E-state index in [4.69, 9.17) is 9.98 Å². The molecule has 4 aliphatic rings. The Balaban J connectivity index is 0.000000161. The van der Waals surface area contributed by atoms with Gasteiger partial charge in [-0.2, -0.15) is 0 Å². The normalized spacial score (nSPS) is 40.0. The predicted molar refractivity (Wildman–Crippen MR) is 173 cm³/mol. The van der Waals surface area contributed by atoms with E-state index in [1.165, 1.54) is 12.8 Å². The summed E-state index contributed by atoms with van der Waals surface area (Å²) in [5.74, 6) is 2.54. The summed E-state index contributed by atoms with van der Waals surface area (Å²) < 4.78 is 0. The molecule has 4 aliphatic carbocycles. The van der Waals surface area contributed by atoms with Crippen LogP contribution in [0.15, 0.2) is 92.9 Å². The molecule has 0 aromatic heterocycles. The molecule has 0 spiro atoms. The standard InChI is InChI=1S/2C19H25N/c2*1-13-14(2)19(5)15(3)18(13,4)11-16(19)12-20-17-9-7-6-8-10-17/h2*6-10,12,15-16H,11H2,1-5H3. The Hall–Kier alpha value is -2.74. The average Bonchev–Trinajstić information content (AvgIpc) is 3.40. The molecule has 8 atom stereocenters. The van der Waals surface area contributed by atoms with Crippen molar-refractivity contribution in [1.29, 1.82) is 0 Å². The number of rotatable bonds is 4. The molecule has 40 heavy (non-hydrogen) atoms. The third-order valence-electron chi connectivity index (χ3n) is 13.3. The highest BCUT2D eigenvalue weighted by atomic mass is 14.8. The van der Waals surface area contributed by atoms with Crippen molar-refractivity contribution >= 4 is 23.8 Å². The van der Waals surface area contributed by atoms with Gasteiger partial charge in [-0.25, -0.2) is 0 Å². The van der Waals surface area contributed by atoms with Gasteiger partial charge in [0.05, 0.1) is 11.4 Å². The first-order valence-corrected chi connectivity index (χ1v) is 15.4. The summed E-state index contributed by atoms with van der Waals surface area (Å²) in [5.41, 5.74) is 9.89. The lowest BCUT2D eigenvalue weighted by atomic mass is 9.71. The number of nitrogens with zero attached hydrogens (tertiary/aromatic N) is 2. The van der Waals surface area contributed by atoms with Gasteiger partial charge in [0.25, 0.3) is 0 Å². The van der Waals surface area contributed by atoms with Crippen LogP contribution >= 0.6 is 0 Å². The molecule has 2 heteroatoms. The molecule has 0 saturated heterocycles. The lowest BCUT2D eigenvalue weighted by Crippen LogP contribution is -2.28. The number of hydrogen-bond donors (Lipinski definition) is 0. The Morgan fingerprint density at radius 2 is 0.875 bits per heavy atom. The van der Waals surface area contributed by atoms with E-state index in [9.17, 15) is 0 Å². The van der Waals surface area contributed by atoms with Crippen molar-refractivity contribution in [2.45, 2.75) is 82.1 Å². The lowest BCUT2D eigenvalue weighted by molar-refractivity contribution is 0.241. The summed E-state index contributed by atoms with van der Waals surface area (Å²) in [4.78, 5) is 9.46. The highest BCUT2D eigenvalue weighted by Gasteiger charge is 2.62. The van der Waals surface area contributed by atoms with Gasteiger partial charge in [0.15, 0.2) is 0 Å². The van der Waals surface area contributed by atoms with Crippen LogP contribution in [0, 0.1) is 45.3 Å². The van der Waals surface area contributed by atoms with Crippen LogP contribution in [-0.2, 0) is 0 Å². The third-order valence-corrected chi connectivity index (χ3v) is 13.3. The Bertz CT molecular complexity index is 1270. The van der Waals surface area contributed by atoms with Crippen LogP contribution in [0.25, 0.3) is 0 Å². The zero-order valence-electron chi connectivity index (χ0n) is 26.5. The van der Waals surface area contributed by atoms with Gasteiger partial charge >= 0.3 is 0 Å². The molecule has 2 nitrogen and oxygen atoms in total. The maximum Gasteiger partial charge on any atom is 0.0625 e. The molecule has 2 aromatic rings. The second-order valence-corrected chi connectivity index (χ2v) is 14.2. The minimum absolute atomic E-state index is 0.289. The summed E-state index contributed by atoms with van der Waals surface area (Å²) >= 11 is 0. The van der Waals surface area contributed by atoms with E-state index in [-0.39, 0.29) is 10.8 Å². The molecule has 0 aliphatic heterocycles. The van der Waals surface area contributed by atoms with Crippen LogP contribution in [0.2, 0.25) is 0 Å². The number of allylic oxidation sites excluding steroid dienone is 4. The SMILES string of the molecule is CC1=C(C)C2(C)C(C=Nc3ccccc3)CC1(C)C2C.CC1=C(C)C2(C)C(C=Nc3ccccc3)CC1(C)C2C. The maximum atomic E-state index is 4.73. The lowest BCUT2D eigenvalue weighted by Gasteiger charge is -2.33. The van der Waals surface area contributed by atoms with Crippen LogP contribution in [0.5, 0.6) is 0 Å². The smallest absolute Gasteiger partial charge is 0.0625 e. The van der Waals surface area contributed by atoms with Gasteiger partial charge in [-0.15, -0.1) is 0 Å². The zero-order chi connectivity index (χ0) is 29.1. The van der Waals surface area contributed by atoms with E-state index >= 15 is 0 Å². The first-order chi connectivity index (χ1) is 18.8. The average molecular weight is 535 g/mol. The van der Waals surface area contributed by atoms with E-state index in [0.29, 0.717) is 34.5 Å². The zero-order valence-corrected chi connectivity index (χ0v) is 26.5. The molecule has 6 rings (SSSR count). The number of aliphatic imine (C=N–C) groups is 2. The minimum atomic E-state index is 0.289. The molecule has 8 unspecified atom stereocenters. The fourth-order valence-electron chi connectivity index (χ4n) is 9.28. The molecule has 2 saturated carbocycles. The van der Waals surface area contributed by atoms with Gasteiger partial charge < -0.3 is 0 Å². The third kappa shape index (κ3) is 4.04. The van der Waals surface area contributed by atoms with E-state index in [1.807, 2.05) is 12.1 Å². The van der Waals surface area contributed by atoms with Gasteiger partial charge in [0.1, 0.15) is 0 Å². The fourth-order valence-corrected chi connectivity index (χ4v) is 9.28. The van der Waals surface area contributed by atoms with Crippen molar-refractivity contribution in [1.82, 2.24) is 0 Å². The fraction of sp³-hybridized carbons (Fsp3) is 0.526. The van der Waals surface area contributed by atoms with Crippen molar-refractivity contribution in [3.8, 4) is 0 Å². The first-order valence-electron chi connectivity index (χ1n) is 15.4. The Kier molecular flexibility index (Phi) is 7.17. The van der Waals surface area contributed by atoms with Crippen LogP contribution in [-0.4, -0.2) is 12.4 Å². The molecular weight excluding hydrogens is 484 g/mol. The highest BCUT2D eigenvalue weighted by Crippen LogP contribution is 2.70. The van der Waals surface area contributed by atoms with E-state index in [1.54, 1.807) is 22.3 Å². The molecule has 0 amide bonds. The van der Waals surface area contributed by atoms with Gasteiger partial charge in [0.2, 0.25) is 0 Å². The van der Waals surface area contributed by atoms with Crippen LogP contribution in [0.3, 0.4) is 0 Å². The molecule has 4 bridgehead atoms. The Morgan fingerprint density at radius 1 is 0.550 bits per heavy atom. The van der Waals surface area contributed by atoms with E-state index in [2.05, 4.69) is 130 Å². The second-order valence-electron chi connectivity index (χ2n) is 14.2. The quantitative estimate of drug-likeness (QED) is 0.275. The molecule has 0 heterocycles. The molecule has 0 radical (unpaired) electrons. The monoisotopic (exact) mass is 534 g/mol. The number of para-hydroxylation sites is 2. The summed E-state index contributed by atoms with van der Waals surface area (Å²) in [5, 5.41) is 0. The van der Waals surface area contributed by atoms with Gasteiger partial charge in [-0.05, 0) is 98.3 Å². The van der Waals surface area contributed by atoms with E-state index < -0.39 is 0 Å². The predicted octanol–water partition coefficient (Wildman–Crippen LogP) is 10.8. The summed E-state index contributed by atoms with van der Waals surface area (Å²) in [6.07, 6.45) is 6.91. The van der Waals surface area contributed by atoms with Gasteiger partial charge in [-0.3, -0.25) is 9.98 Å². The van der Waals surface area contributed by atoms with Crippen LogP contribution < -0.4 is 0 Å². The minimum Gasteiger partial charge on any atom is -0.261 e. The highest BCUT2D eigenvalue weighted by molar-refractivity contribution is 5.71. The number of benzene rings is 2. The number of hydrogen-bond acceptors (Lipinski definition) is 2. The van der Waals surface area contributed by atoms with Crippen molar-refractivity contribution in [3.05, 3.63) is 83.0 Å². The largest absolute Gasteiger partial charge is 0.261 e. The Morgan fingerprint density at radius 3 is 1.15 bits per heavy atom. The van der Waals surface area contributed by atoms with Crippen molar-refractivity contribution in [2.75, 3.05) is 0 Å². The first kappa shape index (κ1) is 28.8. The summed E-state index contributed by atoms with van der Waals surface area (Å²) in [6, 6.07) is 20.6. The summed E-state index contributed by atoms with van der Waals surface area (Å²) in [6.45, 7) is 24.0. The van der Waals surface area contributed by atoms with Crippen LogP contribution in [0.4, 0.5) is 11.4 Å². The molecular formula is C38H50N2. The Labute approximate surface area is 243 Å². The van der Waals surface area contributed by atoms with Gasteiger partial charge in [0, 0.05) is 24.3 Å². The molecule has 2 fully saturated rings. The molecule has 2 aromatic carbocycles. The van der Waals surface area contributed by atoms with Crippen molar-refractivity contribution in [2.24, 2.45) is 55.3 Å². The van der Waals surface area contributed by atoms with E-state index in [0.717, 1.165) is 11.4 Å². The van der Waals surface area contributed by atoms with Crippen molar-refractivity contribution in [3.63, 3.8) is 0 Å².